The topological polar surface area (TPSA) is 30.5 Å². The predicted octanol–water partition coefficient (Wildman–Crippen LogP) is 4.13. The van der Waals surface area contributed by atoms with E-state index in [0.29, 0.717) is 12.5 Å². The minimum Gasteiger partial charge on any atom is -0.493 e. The molecular weight excluding hydrogens is 262 g/mol. The van der Waals surface area contributed by atoms with Crippen molar-refractivity contribution in [1.29, 1.82) is 0 Å². The van der Waals surface area contributed by atoms with Crippen molar-refractivity contribution < 1.29 is 9.47 Å². The van der Waals surface area contributed by atoms with Crippen LogP contribution in [0.1, 0.15) is 39.7 Å². The number of methoxy groups -OCH3 is 1. The summed E-state index contributed by atoms with van der Waals surface area (Å²) in [5.74, 6) is 2.11. The third-order valence-corrected chi connectivity index (χ3v) is 3.34. The second-order valence-corrected chi connectivity index (χ2v) is 5.39. The van der Waals surface area contributed by atoms with Crippen LogP contribution in [0.3, 0.4) is 0 Å². The van der Waals surface area contributed by atoms with Crippen molar-refractivity contribution in [3.05, 3.63) is 29.3 Å². The lowest BCUT2D eigenvalue weighted by Gasteiger charge is -2.14. The third-order valence-electron chi connectivity index (χ3n) is 3.34. The maximum Gasteiger partial charge on any atom is 0.161 e. The molecule has 118 valence electrons. The van der Waals surface area contributed by atoms with Gasteiger partial charge in [-0.1, -0.05) is 38.5 Å². The fraction of sp³-hybridized carbons (Fsp3) is 0.556. The average Bonchev–Trinajstić information content (AvgIpc) is 2.47. The van der Waals surface area contributed by atoms with Crippen LogP contribution < -0.4 is 14.8 Å². The summed E-state index contributed by atoms with van der Waals surface area (Å²) in [6.07, 6.45) is 3.40. The molecule has 1 N–H and O–H groups in total. The normalized spacial score (nSPS) is 11.8. The lowest BCUT2D eigenvalue weighted by atomic mass is 10.00. The summed E-state index contributed by atoms with van der Waals surface area (Å²) in [5.41, 5.74) is 2.55. The van der Waals surface area contributed by atoms with Gasteiger partial charge in [-0.05, 0) is 43.5 Å². The summed E-state index contributed by atoms with van der Waals surface area (Å²) in [4.78, 5) is 0. The summed E-state index contributed by atoms with van der Waals surface area (Å²) in [6, 6.07) is 6.09. The Morgan fingerprint density at radius 1 is 1.24 bits per heavy atom. The van der Waals surface area contributed by atoms with Crippen molar-refractivity contribution >= 4 is 6.08 Å². The molecule has 0 aliphatic carbocycles. The van der Waals surface area contributed by atoms with Crippen LogP contribution in [0, 0.1) is 5.92 Å². The molecule has 0 atom stereocenters. The first kappa shape index (κ1) is 17.6. The Morgan fingerprint density at radius 3 is 2.57 bits per heavy atom. The van der Waals surface area contributed by atoms with Crippen LogP contribution in [0.2, 0.25) is 0 Å². The summed E-state index contributed by atoms with van der Waals surface area (Å²) in [7, 11) is 1.68. The lowest BCUT2D eigenvalue weighted by Crippen LogP contribution is -2.19. The number of rotatable bonds is 9. The van der Waals surface area contributed by atoms with E-state index in [1.165, 1.54) is 5.57 Å². The van der Waals surface area contributed by atoms with E-state index in [0.717, 1.165) is 36.6 Å². The maximum atomic E-state index is 5.56. The highest BCUT2D eigenvalue weighted by atomic mass is 16.5. The van der Waals surface area contributed by atoms with Gasteiger partial charge in [0.15, 0.2) is 11.5 Å². The van der Waals surface area contributed by atoms with Crippen molar-refractivity contribution in [3.63, 3.8) is 0 Å². The van der Waals surface area contributed by atoms with Crippen LogP contribution in [-0.2, 0) is 0 Å². The van der Waals surface area contributed by atoms with Gasteiger partial charge in [0.05, 0.1) is 13.7 Å². The van der Waals surface area contributed by atoms with Crippen LogP contribution in [0.4, 0.5) is 0 Å². The molecular formula is C18H29NO2. The molecule has 0 aliphatic heterocycles. The molecule has 3 nitrogen and oxygen atoms in total. The number of hydrogen-bond acceptors (Lipinski definition) is 3. The Bertz CT molecular complexity index is 453. The molecule has 3 heteroatoms. The van der Waals surface area contributed by atoms with Crippen LogP contribution in [0.15, 0.2) is 23.8 Å². The van der Waals surface area contributed by atoms with E-state index in [1.54, 1.807) is 7.11 Å². The molecule has 21 heavy (non-hydrogen) atoms. The van der Waals surface area contributed by atoms with E-state index >= 15 is 0 Å². The first-order valence-electron chi connectivity index (χ1n) is 7.84. The zero-order chi connectivity index (χ0) is 15.7. The quantitative estimate of drug-likeness (QED) is 0.694. The Kier molecular flexibility index (Phi) is 7.91. The average molecular weight is 291 g/mol. The molecule has 1 rings (SSSR count). The van der Waals surface area contributed by atoms with E-state index in [9.17, 15) is 0 Å². The van der Waals surface area contributed by atoms with Gasteiger partial charge in [0, 0.05) is 6.54 Å². The van der Waals surface area contributed by atoms with E-state index in [-0.39, 0.29) is 0 Å². The molecule has 0 saturated carbocycles. The lowest BCUT2D eigenvalue weighted by molar-refractivity contribution is 0.311. The zero-order valence-electron chi connectivity index (χ0n) is 14.0. The highest BCUT2D eigenvalue weighted by molar-refractivity contribution is 5.58. The summed E-state index contributed by atoms with van der Waals surface area (Å²) in [5, 5.41) is 3.47. The Morgan fingerprint density at radius 2 is 2.00 bits per heavy atom. The van der Waals surface area contributed by atoms with Crippen molar-refractivity contribution in [2.45, 2.75) is 34.1 Å². The predicted molar refractivity (Wildman–Crippen MR) is 90.1 cm³/mol. The molecule has 1 aromatic rings. The molecule has 0 aromatic heterocycles. The van der Waals surface area contributed by atoms with Gasteiger partial charge in [0.25, 0.3) is 0 Å². The smallest absolute Gasteiger partial charge is 0.161 e. The maximum absolute atomic E-state index is 5.56. The number of hydrogen-bond donors (Lipinski definition) is 1. The zero-order valence-corrected chi connectivity index (χ0v) is 14.0. The number of benzene rings is 1. The molecule has 0 radical (unpaired) electrons. The largest absolute Gasteiger partial charge is 0.493 e. The van der Waals surface area contributed by atoms with E-state index in [2.05, 4.69) is 38.2 Å². The molecule has 0 heterocycles. The second kappa shape index (κ2) is 9.46. The van der Waals surface area contributed by atoms with Crippen LogP contribution in [-0.4, -0.2) is 26.8 Å². The van der Waals surface area contributed by atoms with Crippen LogP contribution >= 0.6 is 0 Å². The minimum absolute atomic E-state index is 0.520. The van der Waals surface area contributed by atoms with Gasteiger partial charge in [-0.25, -0.2) is 0 Å². The summed E-state index contributed by atoms with van der Waals surface area (Å²) in [6.45, 7) is 11.2. The molecule has 0 spiro atoms. The molecule has 1 aromatic carbocycles. The molecule has 0 fully saturated rings. The van der Waals surface area contributed by atoms with Gasteiger partial charge in [0.1, 0.15) is 0 Å². The van der Waals surface area contributed by atoms with Gasteiger partial charge in [-0.3, -0.25) is 0 Å². The number of ether oxygens (including phenoxy) is 2. The van der Waals surface area contributed by atoms with E-state index < -0.39 is 0 Å². The second-order valence-electron chi connectivity index (χ2n) is 5.39. The standard InChI is InChI=1S/C18H29NO2/c1-6-10-19-13-16(14(3)4)11-15-8-9-17(21-7-2)18(12-15)20-5/h8-9,11-12,14,19H,6-7,10,13H2,1-5H3. The first-order valence-corrected chi connectivity index (χ1v) is 7.84. The Hall–Kier alpha value is -1.48. The fourth-order valence-corrected chi connectivity index (χ4v) is 2.09. The van der Waals surface area contributed by atoms with Gasteiger partial charge < -0.3 is 14.8 Å². The monoisotopic (exact) mass is 291 g/mol. The molecule has 0 amide bonds. The molecule has 0 bridgehead atoms. The van der Waals surface area contributed by atoms with Crippen LogP contribution in [0.25, 0.3) is 6.08 Å². The van der Waals surface area contributed by atoms with Crippen LogP contribution in [0.5, 0.6) is 11.5 Å². The summed E-state index contributed by atoms with van der Waals surface area (Å²) >= 11 is 0. The molecule has 0 saturated heterocycles. The SMILES string of the molecule is CCCNCC(=Cc1ccc(OCC)c(OC)c1)C(C)C. The highest BCUT2D eigenvalue weighted by Gasteiger charge is 2.07. The van der Waals surface area contributed by atoms with Gasteiger partial charge >= 0.3 is 0 Å². The Balaban J connectivity index is 2.93. The van der Waals surface area contributed by atoms with Crippen molar-refractivity contribution in [2.75, 3.05) is 26.8 Å². The molecule has 0 aliphatic rings. The van der Waals surface area contributed by atoms with Gasteiger partial charge in [-0.2, -0.15) is 0 Å². The first-order chi connectivity index (χ1) is 10.1. The highest BCUT2D eigenvalue weighted by Crippen LogP contribution is 2.29. The van der Waals surface area contributed by atoms with E-state index in [4.69, 9.17) is 9.47 Å². The minimum atomic E-state index is 0.520. The van der Waals surface area contributed by atoms with Crippen molar-refractivity contribution in [2.24, 2.45) is 5.92 Å². The van der Waals surface area contributed by atoms with Crippen molar-refractivity contribution in [3.8, 4) is 11.5 Å². The van der Waals surface area contributed by atoms with Gasteiger partial charge in [-0.15, -0.1) is 0 Å². The number of nitrogens with one attached hydrogen (secondary N) is 1. The van der Waals surface area contributed by atoms with Gasteiger partial charge in [0.2, 0.25) is 0 Å². The molecule has 0 unspecified atom stereocenters. The Labute approximate surface area is 129 Å². The third kappa shape index (κ3) is 5.80. The van der Waals surface area contributed by atoms with Crippen molar-refractivity contribution in [1.82, 2.24) is 5.32 Å². The fourth-order valence-electron chi connectivity index (χ4n) is 2.09. The van der Waals surface area contributed by atoms with E-state index in [1.807, 2.05) is 19.1 Å². The summed E-state index contributed by atoms with van der Waals surface area (Å²) < 4.78 is 11.0.